The fourth-order valence-electron chi connectivity index (χ4n) is 0.537. The monoisotopic (exact) mass is 206 g/mol. The van der Waals surface area contributed by atoms with E-state index in [1.165, 1.54) is 13.0 Å². The van der Waals surface area contributed by atoms with E-state index in [1.54, 1.807) is 14.2 Å². The Bertz CT molecular complexity index is 166. The first-order valence-electron chi connectivity index (χ1n) is 3.99. The molecule has 0 bridgehead atoms. The molecule has 1 N–H and O–H groups in total. The SMILES string of the molecule is C=C[C@](C)(O)OC[Si](C)(OC)OC. The van der Waals surface area contributed by atoms with Crippen LogP contribution in [0.25, 0.3) is 0 Å². The van der Waals surface area contributed by atoms with Gasteiger partial charge in [-0.25, -0.2) is 0 Å². The van der Waals surface area contributed by atoms with E-state index in [-0.39, 0.29) is 6.23 Å². The molecule has 78 valence electrons. The lowest BCUT2D eigenvalue weighted by atomic mass is 10.3. The van der Waals surface area contributed by atoms with Crippen LogP contribution in [0.5, 0.6) is 0 Å². The molecule has 0 radical (unpaired) electrons. The van der Waals surface area contributed by atoms with E-state index in [0.717, 1.165) is 0 Å². The normalized spacial score (nSPS) is 16.7. The molecular weight excluding hydrogens is 188 g/mol. The van der Waals surface area contributed by atoms with Crippen LogP contribution in [0.15, 0.2) is 12.7 Å². The summed E-state index contributed by atoms with van der Waals surface area (Å²) in [6, 6.07) is 0. The summed E-state index contributed by atoms with van der Waals surface area (Å²) in [7, 11) is 0.889. The Labute approximate surface area is 80.4 Å². The Morgan fingerprint density at radius 3 is 2.23 bits per heavy atom. The van der Waals surface area contributed by atoms with E-state index in [2.05, 4.69) is 6.58 Å². The highest BCUT2D eigenvalue weighted by atomic mass is 28.4. The van der Waals surface area contributed by atoms with Crippen LogP contribution in [-0.2, 0) is 13.6 Å². The summed E-state index contributed by atoms with van der Waals surface area (Å²) in [5.41, 5.74) is 0. The molecule has 0 amide bonds. The Kier molecular flexibility index (Phi) is 4.80. The third-order valence-electron chi connectivity index (χ3n) is 1.87. The smallest absolute Gasteiger partial charge is 0.361 e. The number of aliphatic hydroxyl groups is 1. The summed E-state index contributed by atoms with van der Waals surface area (Å²) in [6.07, 6.45) is 1.59. The summed E-state index contributed by atoms with van der Waals surface area (Å²) >= 11 is 0. The van der Waals surface area contributed by atoms with E-state index in [1.807, 2.05) is 6.55 Å². The van der Waals surface area contributed by atoms with E-state index in [0.29, 0.717) is 0 Å². The molecule has 0 rings (SSSR count). The summed E-state index contributed by atoms with van der Waals surface area (Å²) in [5, 5.41) is 9.45. The van der Waals surface area contributed by atoms with Gasteiger partial charge in [-0.15, -0.1) is 0 Å². The molecule has 0 aromatic heterocycles. The molecule has 5 heteroatoms. The van der Waals surface area contributed by atoms with Gasteiger partial charge in [-0.2, -0.15) is 0 Å². The summed E-state index contributed by atoms with van der Waals surface area (Å²) < 4.78 is 15.5. The topological polar surface area (TPSA) is 47.9 Å². The zero-order chi connectivity index (χ0) is 10.5. The highest BCUT2D eigenvalue weighted by Gasteiger charge is 2.32. The Morgan fingerprint density at radius 2 is 1.92 bits per heavy atom. The molecule has 1 atom stereocenters. The molecule has 0 aliphatic heterocycles. The Balaban J connectivity index is 4.06. The fourth-order valence-corrected chi connectivity index (χ4v) is 1.49. The molecule has 0 heterocycles. The second-order valence-electron chi connectivity index (χ2n) is 3.09. The van der Waals surface area contributed by atoms with Gasteiger partial charge in [0.05, 0.1) is 6.23 Å². The minimum atomic E-state index is -2.25. The van der Waals surface area contributed by atoms with Crippen molar-refractivity contribution in [3.05, 3.63) is 12.7 Å². The maximum Gasteiger partial charge on any atom is 0.361 e. The summed E-state index contributed by atoms with van der Waals surface area (Å²) in [5.74, 6) is -1.31. The first kappa shape index (κ1) is 12.8. The first-order valence-corrected chi connectivity index (χ1v) is 6.52. The van der Waals surface area contributed by atoms with Crippen LogP contribution >= 0.6 is 0 Å². The lowest BCUT2D eigenvalue weighted by Gasteiger charge is -2.27. The van der Waals surface area contributed by atoms with Crippen LogP contribution < -0.4 is 0 Å². The van der Waals surface area contributed by atoms with Crippen molar-refractivity contribution in [2.75, 3.05) is 20.4 Å². The molecule has 13 heavy (non-hydrogen) atoms. The molecule has 0 aliphatic rings. The van der Waals surface area contributed by atoms with E-state index in [4.69, 9.17) is 13.6 Å². The van der Waals surface area contributed by atoms with Crippen molar-refractivity contribution in [2.24, 2.45) is 0 Å². The Hall–Kier alpha value is -0.203. The maximum absolute atomic E-state index is 9.45. The second-order valence-corrected chi connectivity index (χ2v) is 6.46. The Morgan fingerprint density at radius 1 is 1.46 bits per heavy atom. The lowest BCUT2D eigenvalue weighted by molar-refractivity contribution is -0.144. The number of ether oxygens (including phenoxy) is 1. The number of hydrogen-bond acceptors (Lipinski definition) is 4. The number of hydrogen-bond donors (Lipinski definition) is 1. The second kappa shape index (κ2) is 4.87. The van der Waals surface area contributed by atoms with Crippen molar-refractivity contribution >= 4 is 8.56 Å². The van der Waals surface area contributed by atoms with E-state index < -0.39 is 14.3 Å². The van der Waals surface area contributed by atoms with Crippen molar-refractivity contribution in [2.45, 2.75) is 19.3 Å². The predicted octanol–water partition coefficient (Wildman–Crippen LogP) is 0.801. The first-order chi connectivity index (χ1) is 5.89. The highest BCUT2D eigenvalue weighted by Crippen LogP contribution is 2.12. The molecule has 0 aromatic rings. The van der Waals surface area contributed by atoms with Gasteiger partial charge in [0.1, 0.15) is 0 Å². The van der Waals surface area contributed by atoms with Gasteiger partial charge in [0.2, 0.25) is 0 Å². The van der Waals surface area contributed by atoms with Crippen LogP contribution in [0.2, 0.25) is 6.55 Å². The molecule has 4 nitrogen and oxygen atoms in total. The van der Waals surface area contributed by atoms with Crippen molar-refractivity contribution in [3.63, 3.8) is 0 Å². The van der Waals surface area contributed by atoms with Gasteiger partial charge in [0.15, 0.2) is 5.79 Å². The van der Waals surface area contributed by atoms with Gasteiger partial charge >= 0.3 is 8.56 Å². The standard InChI is InChI=1S/C8H18O4Si/c1-6-8(2,9)12-7-13(5,10-3)11-4/h6,9H,1,7H2,2-5H3/t8-/m1/s1. The molecule has 0 saturated heterocycles. The van der Waals surface area contributed by atoms with Crippen molar-refractivity contribution in [1.29, 1.82) is 0 Å². The van der Waals surface area contributed by atoms with Gasteiger partial charge in [0.25, 0.3) is 0 Å². The molecule has 0 aromatic carbocycles. The zero-order valence-electron chi connectivity index (χ0n) is 8.66. The van der Waals surface area contributed by atoms with Gasteiger partial charge in [-0.3, -0.25) is 0 Å². The summed E-state index contributed by atoms with van der Waals surface area (Å²) in [6.45, 7) is 6.81. The molecule has 0 aliphatic carbocycles. The fraction of sp³-hybridized carbons (Fsp3) is 0.750. The molecule has 0 saturated carbocycles. The van der Waals surface area contributed by atoms with Crippen LogP contribution in [0.1, 0.15) is 6.92 Å². The van der Waals surface area contributed by atoms with Crippen molar-refractivity contribution < 1.29 is 18.7 Å². The van der Waals surface area contributed by atoms with Gasteiger partial charge in [-0.05, 0) is 19.5 Å². The lowest BCUT2D eigenvalue weighted by Crippen LogP contribution is -2.45. The maximum atomic E-state index is 9.45. The van der Waals surface area contributed by atoms with Crippen LogP contribution in [0.4, 0.5) is 0 Å². The van der Waals surface area contributed by atoms with Crippen molar-refractivity contribution in [3.8, 4) is 0 Å². The third-order valence-corrected chi connectivity index (χ3v) is 4.26. The molecule has 0 spiro atoms. The van der Waals surface area contributed by atoms with E-state index >= 15 is 0 Å². The van der Waals surface area contributed by atoms with Crippen LogP contribution in [0, 0.1) is 0 Å². The van der Waals surface area contributed by atoms with E-state index in [9.17, 15) is 5.11 Å². The van der Waals surface area contributed by atoms with Crippen molar-refractivity contribution in [1.82, 2.24) is 0 Å². The minimum Gasteiger partial charge on any atom is -0.396 e. The van der Waals surface area contributed by atoms with Crippen LogP contribution in [0.3, 0.4) is 0 Å². The van der Waals surface area contributed by atoms with Gasteiger partial charge < -0.3 is 18.7 Å². The summed E-state index contributed by atoms with van der Waals surface area (Å²) in [4.78, 5) is 0. The average Bonchev–Trinajstić information content (AvgIpc) is 2.14. The average molecular weight is 206 g/mol. The molecule has 0 fully saturated rings. The predicted molar refractivity (Wildman–Crippen MR) is 52.4 cm³/mol. The quantitative estimate of drug-likeness (QED) is 0.397. The number of rotatable bonds is 6. The highest BCUT2D eigenvalue weighted by molar-refractivity contribution is 6.65. The minimum absolute atomic E-state index is 0.263. The zero-order valence-corrected chi connectivity index (χ0v) is 9.66. The van der Waals surface area contributed by atoms with Gasteiger partial charge in [-0.1, -0.05) is 6.58 Å². The molecule has 0 unspecified atom stereocenters. The largest absolute Gasteiger partial charge is 0.396 e. The molecular formula is C8H18O4Si. The third kappa shape index (κ3) is 4.54. The van der Waals surface area contributed by atoms with Crippen LogP contribution in [-0.4, -0.2) is 39.9 Å². The van der Waals surface area contributed by atoms with Gasteiger partial charge in [0, 0.05) is 14.2 Å².